The summed E-state index contributed by atoms with van der Waals surface area (Å²) in [6.45, 7) is 8.98. The number of rotatable bonds is 7. The highest BCUT2D eigenvalue weighted by Crippen LogP contribution is 2.54. The molecule has 0 fully saturated rings. The zero-order valence-corrected chi connectivity index (χ0v) is 22.2. The first-order chi connectivity index (χ1) is 16.1. The van der Waals surface area contributed by atoms with E-state index in [-0.39, 0.29) is 21.2 Å². The van der Waals surface area contributed by atoms with E-state index in [4.69, 9.17) is 0 Å². The van der Waals surface area contributed by atoms with Gasteiger partial charge < -0.3 is 4.55 Å². The van der Waals surface area contributed by atoms with E-state index in [9.17, 15) is 52.5 Å². The van der Waals surface area contributed by atoms with E-state index in [2.05, 4.69) is 76.2 Å². The normalized spacial score (nSPS) is 13.6. The maximum atomic E-state index is 12.2. The molecule has 0 spiro atoms. The lowest BCUT2D eigenvalue weighted by atomic mass is 10.0. The molecule has 0 radical (unpaired) electrons. The van der Waals surface area contributed by atoms with E-state index in [1.807, 2.05) is 0 Å². The van der Waals surface area contributed by atoms with Crippen LogP contribution in [0.1, 0.15) is 50.7 Å². The molecule has 0 heterocycles. The zero-order valence-electron chi connectivity index (χ0n) is 19.2. The SMILES string of the molecule is CC(C)c1ccc([I+]c2ccc(C(C)C)cc2)cc1.O=S(=O)([O-])C(F)(F)C(F)(F)C(F)(F)C(F)(F)F. The monoisotopic (exact) mass is 664 g/mol. The summed E-state index contributed by atoms with van der Waals surface area (Å²) < 4.78 is 138. The van der Waals surface area contributed by atoms with Gasteiger partial charge in [0, 0.05) is 0 Å². The molecule has 2 rings (SSSR count). The Labute approximate surface area is 213 Å². The summed E-state index contributed by atoms with van der Waals surface area (Å²) in [4.78, 5) is 0. The van der Waals surface area contributed by atoms with E-state index in [0.29, 0.717) is 11.8 Å². The van der Waals surface area contributed by atoms with Crippen LogP contribution in [0.25, 0.3) is 0 Å². The Morgan fingerprint density at radius 1 is 0.639 bits per heavy atom. The molecule has 0 bridgehead atoms. The largest absolute Gasteiger partial charge is 0.743 e. The second-order valence-corrected chi connectivity index (χ2v) is 12.6. The number of hydrogen-bond donors (Lipinski definition) is 0. The average Bonchev–Trinajstić information content (AvgIpc) is 2.73. The predicted molar refractivity (Wildman–Crippen MR) is 109 cm³/mol. The highest BCUT2D eigenvalue weighted by Gasteiger charge is 2.83. The first kappa shape index (κ1) is 32.5. The molecule has 36 heavy (non-hydrogen) atoms. The highest BCUT2D eigenvalue weighted by atomic mass is 127. The Bertz CT molecular complexity index is 1050. The quantitative estimate of drug-likeness (QED) is 0.256. The van der Waals surface area contributed by atoms with Crippen LogP contribution < -0.4 is 21.2 Å². The van der Waals surface area contributed by atoms with Crippen molar-refractivity contribution in [3.8, 4) is 0 Å². The van der Waals surface area contributed by atoms with Gasteiger partial charge in [-0.1, -0.05) is 52.0 Å². The fraction of sp³-hybridized carbons (Fsp3) is 0.455. The highest BCUT2D eigenvalue weighted by molar-refractivity contribution is 7.86. The summed E-state index contributed by atoms with van der Waals surface area (Å²) in [6.07, 6.45) is -7.16. The molecule has 3 nitrogen and oxygen atoms in total. The van der Waals surface area contributed by atoms with Gasteiger partial charge >= 0.3 is 44.5 Å². The second kappa shape index (κ2) is 11.5. The summed E-state index contributed by atoms with van der Waals surface area (Å²) >= 11 is -0.0366. The first-order valence-corrected chi connectivity index (χ1v) is 13.6. The molecule has 0 saturated carbocycles. The Hall–Kier alpha value is -1.55. The molecule has 0 unspecified atom stereocenters. The van der Waals surface area contributed by atoms with Crippen molar-refractivity contribution in [2.24, 2.45) is 0 Å². The maximum absolute atomic E-state index is 12.2. The van der Waals surface area contributed by atoms with Gasteiger partial charge in [0.25, 0.3) is 0 Å². The summed E-state index contributed by atoms with van der Waals surface area (Å²) in [7, 11) is -7.42. The minimum atomic E-state index is -7.43. The van der Waals surface area contributed by atoms with Gasteiger partial charge in [0.1, 0.15) is 0 Å². The van der Waals surface area contributed by atoms with Gasteiger partial charge in [-0.3, -0.25) is 0 Å². The summed E-state index contributed by atoms with van der Waals surface area (Å²) in [6, 6.07) is 18.3. The van der Waals surface area contributed by atoms with Crippen LogP contribution in [0.4, 0.5) is 39.5 Å². The van der Waals surface area contributed by atoms with Gasteiger partial charge in [-0.05, 0) is 47.2 Å². The third-order valence-electron chi connectivity index (χ3n) is 4.72. The van der Waals surface area contributed by atoms with Crippen LogP contribution in [0, 0.1) is 7.14 Å². The van der Waals surface area contributed by atoms with Gasteiger partial charge in [0.15, 0.2) is 17.3 Å². The van der Waals surface area contributed by atoms with Crippen LogP contribution in [-0.4, -0.2) is 36.2 Å². The third-order valence-corrected chi connectivity index (χ3v) is 8.29. The lowest BCUT2D eigenvalue weighted by Crippen LogP contribution is -3.61. The van der Waals surface area contributed by atoms with Crippen molar-refractivity contribution in [3.05, 3.63) is 66.8 Å². The average molecular weight is 664 g/mol. The fourth-order valence-electron chi connectivity index (χ4n) is 2.47. The molecule has 0 aliphatic rings. The zero-order chi connectivity index (χ0) is 28.3. The molecule has 0 amide bonds. The Morgan fingerprint density at radius 3 is 1.17 bits per heavy atom. The molecule has 0 aliphatic carbocycles. The molecular formula is C22H22F9IO3S. The summed E-state index contributed by atoms with van der Waals surface area (Å²) in [5.74, 6) is -13.6. The van der Waals surface area contributed by atoms with E-state index in [1.165, 1.54) is 18.3 Å². The molecular weight excluding hydrogens is 642 g/mol. The second-order valence-electron chi connectivity index (χ2n) is 8.12. The van der Waals surface area contributed by atoms with Crippen molar-refractivity contribution >= 4 is 10.1 Å². The standard InChI is InChI=1S/C18H22I.C4HF9O3S/c1-13(2)15-5-9-17(10-6-15)19-18-11-7-16(8-12-18)14(3)4;5-1(6,3(9,10)11)2(7,8)4(12,13)17(14,15)16/h5-14H,1-4H3;(H,14,15,16)/q+1;/p-1. The molecule has 2 aromatic carbocycles. The lowest BCUT2D eigenvalue weighted by molar-refractivity contribution is -0.597. The van der Waals surface area contributed by atoms with Gasteiger partial charge in [-0.15, -0.1) is 0 Å². The molecule has 2 aromatic rings. The lowest BCUT2D eigenvalue weighted by Gasteiger charge is -2.34. The minimum absolute atomic E-state index is 0.0366. The fourth-order valence-corrected chi connectivity index (χ4v) is 5.06. The van der Waals surface area contributed by atoms with E-state index in [0.717, 1.165) is 0 Å². The van der Waals surface area contributed by atoms with Gasteiger partial charge in [0.2, 0.25) is 0 Å². The molecule has 0 aliphatic heterocycles. The Morgan fingerprint density at radius 2 is 0.944 bits per heavy atom. The number of benzene rings is 2. The van der Waals surface area contributed by atoms with Gasteiger partial charge in [-0.25, -0.2) is 8.42 Å². The van der Waals surface area contributed by atoms with E-state index < -0.39 is 33.4 Å². The van der Waals surface area contributed by atoms with E-state index >= 15 is 0 Å². The molecule has 0 aromatic heterocycles. The molecule has 14 heteroatoms. The molecule has 0 atom stereocenters. The minimum Gasteiger partial charge on any atom is -0.743 e. The van der Waals surface area contributed by atoms with Crippen LogP contribution in [0.15, 0.2) is 48.5 Å². The maximum Gasteiger partial charge on any atom is 0.460 e. The van der Waals surface area contributed by atoms with Crippen molar-refractivity contribution < 1.29 is 73.7 Å². The van der Waals surface area contributed by atoms with Crippen molar-refractivity contribution in [1.29, 1.82) is 0 Å². The van der Waals surface area contributed by atoms with Crippen molar-refractivity contribution in [2.75, 3.05) is 0 Å². The first-order valence-electron chi connectivity index (χ1n) is 10.1. The van der Waals surface area contributed by atoms with Crippen molar-refractivity contribution in [3.63, 3.8) is 0 Å². The molecule has 204 valence electrons. The summed E-state index contributed by atoms with van der Waals surface area (Å²) in [5.41, 5.74) is 2.87. The van der Waals surface area contributed by atoms with Crippen LogP contribution in [-0.2, 0) is 10.1 Å². The number of halogens is 10. The molecule has 0 N–H and O–H groups in total. The van der Waals surface area contributed by atoms with E-state index in [1.54, 1.807) is 0 Å². The van der Waals surface area contributed by atoms with Crippen LogP contribution in [0.3, 0.4) is 0 Å². The predicted octanol–water partition coefficient (Wildman–Crippen LogP) is 4.02. The van der Waals surface area contributed by atoms with Crippen LogP contribution >= 0.6 is 0 Å². The molecule has 0 saturated heterocycles. The smallest absolute Gasteiger partial charge is 0.460 e. The summed E-state index contributed by atoms with van der Waals surface area (Å²) in [5, 5.41) is -7.11. The van der Waals surface area contributed by atoms with Crippen molar-refractivity contribution in [1.82, 2.24) is 0 Å². The number of hydrogen-bond acceptors (Lipinski definition) is 3. The topological polar surface area (TPSA) is 57.2 Å². The van der Waals surface area contributed by atoms with Gasteiger partial charge in [-0.2, -0.15) is 39.5 Å². The Kier molecular flexibility index (Phi) is 10.3. The third kappa shape index (κ3) is 7.27. The van der Waals surface area contributed by atoms with Crippen molar-refractivity contribution in [2.45, 2.75) is 62.8 Å². The van der Waals surface area contributed by atoms with Crippen LogP contribution in [0.2, 0.25) is 0 Å². The van der Waals surface area contributed by atoms with Crippen LogP contribution in [0.5, 0.6) is 0 Å². The Balaban J connectivity index is 0.000000363. The number of alkyl halides is 9. The van der Waals surface area contributed by atoms with Gasteiger partial charge in [0.05, 0.1) is 0 Å².